The number of ether oxygens (including phenoxy) is 1. The molecule has 0 radical (unpaired) electrons. The molecule has 3 rings (SSSR count). The maximum atomic E-state index is 11.8. The van der Waals surface area contributed by atoms with E-state index in [-0.39, 0.29) is 29.8 Å². The quantitative estimate of drug-likeness (QED) is 0.528. The third kappa shape index (κ3) is 1.37. The molecular weight excluding hydrogens is 228 g/mol. The van der Waals surface area contributed by atoms with Crippen LogP contribution in [0.2, 0.25) is 0 Å². The smallest absolute Gasteiger partial charge is 0.309 e. The van der Waals surface area contributed by atoms with Gasteiger partial charge in [-0.3, -0.25) is 4.79 Å². The van der Waals surface area contributed by atoms with E-state index in [0.717, 1.165) is 24.0 Å². The molecule has 0 spiro atoms. The molecule has 0 aromatic heterocycles. The van der Waals surface area contributed by atoms with Crippen molar-refractivity contribution >= 4 is 5.97 Å². The van der Waals surface area contributed by atoms with Gasteiger partial charge in [-0.2, -0.15) is 0 Å². The van der Waals surface area contributed by atoms with Gasteiger partial charge in [-0.25, -0.2) is 0 Å². The third-order valence-corrected chi connectivity index (χ3v) is 5.15. The maximum Gasteiger partial charge on any atom is 0.309 e. The predicted molar refractivity (Wildman–Crippen MR) is 67.7 cm³/mol. The molecule has 0 bridgehead atoms. The minimum absolute atomic E-state index is 0.0569. The summed E-state index contributed by atoms with van der Waals surface area (Å²) in [5, 5.41) is 10.9. The molecule has 1 aliphatic heterocycles. The summed E-state index contributed by atoms with van der Waals surface area (Å²) in [7, 11) is 0. The highest BCUT2D eigenvalue weighted by molar-refractivity contribution is 5.75. The average molecular weight is 248 g/mol. The zero-order valence-corrected chi connectivity index (χ0v) is 11.0. The molecule has 98 valence electrons. The van der Waals surface area contributed by atoms with Gasteiger partial charge >= 0.3 is 5.97 Å². The van der Waals surface area contributed by atoms with Crippen molar-refractivity contribution in [1.29, 1.82) is 0 Å². The molecule has 3 nitrogen and oxygen atoms in total. The van der Waals surface area contributed by atoms with Gasteiger partial charge in [0, 0.05) is 5.92 Å². The Kier molecular flexibility index (Phi) is 2.46. The molecule has 18 heavy (non-hydrogen) atoms. The molecule has 2 aliphatic carbocycles. The van der Waals surface area contributed by atoms with E-state index in [1.807, 2.05) is 13.8 Å². The standard InChI is InChI=1S/C15H20O3/c1-8-6-7-15(17)9(2)4-5-11-10(3)14(16)18-13(11)12(8)15/h6,10-13,17H,2,4-5,7H2,1,3H3. The second-order valence-electron chi connectivity index (χ2n) is 6.05. The number of hydrogen-bond acceptors (Lipinski definition) is 3. The van der Waals surface area contributed by atoms with Gasteiger partial charge in [0.2, 0.25) is 0 Å². The van der Waals surface area contributed by atoms with Gasteiger partial charge in [0.1, 0.15) is 6.10 Å². The van der Waals surface area contributed by atoms with Gasteiger partial charge in [0.05, 0.1) is 17.4 Å². The second-order valence-corrected chi connectivity index (χ2v) is 6.05. The lowest BCUT2D eigenvalue weighted by atomic mass is 9.76. The Bertz CT molecular complexity index is 451. The highest BCUT2D eigenvalue weighted by Gasteiger charge is 2.56. The van der Waals surface area contributed by atoms with E-state index in [1.54, 1.807) is 0 Å². The monoisotopic (exact) mass is 248 g/mol. The number of fused-ring (bicyclic) bond motifs is 3. The number of aliphatic hydroxyl groups is 1. The van der Waals surface area contributed by atoms with Crippen molar-refractivity contribution in [3.8, 4) is 0 Å². The summed E-state index contributed by atoms with van der Waals surface area (Å²) in [5.74, 6) is -0.0424. The van der Waals surface area contributed by atoms with E-state index in [4.69, 9.17) is 4.74 Å². The summed E-state index contributed by atoms with van der Waals surface area (Å²) < 4.78 is 5.57. The van der Waals surface area contributed by atoms with Crippen LogP contribution >= 0.6 is 0 Å². The van der Waals surface area contributed by atoms with E-state index in [1.165, 1.54) is 0 Å². The molecule has 1 saturated carbocycles. The Morgan fingerprint density at radius 2 is 2.28 bits per heavy atom. The Morgan fingerprint density at radius 3 is 3.00 bits per heavy atom. The van der Waals surface area contributed by atoms with Crippen LogP contribution in [-0.4, -0.2) is 22.8 Å². The third-order valence-electron chi connectivity index (χ3n) is 5.15. The van der Waals surface area contributed by atoms with Crippen LogP contribution in [0.15, 0.2) is 23.8 Å². The Balaban J connectivity index is 2.04. The van der Waals surface area contributed by atoms with Crippen LogP contribution < -0.4 is 0 Å². The van der Waals surface area contributed by atoms with Gasteiger partial charge in [0.15, 0.2) is 0 Å². The first-order valence-corrected chi connectivity index (χ1v) is 6.73. The van der Waals surface area contributed by atoms with Crippen LogP contribution in [-0.2, 0) is 9.53 Å². The van der Waals surface area contributed by atoms with Crippen molar-refractivity contribution in [3.63, 3.8) is 0 Å². The number of carbonyl (C=O) groups excluding carboxylic acids is 1. The number of carbonyl (C=O) groups is 1. The summed E-state index contributed by atoms with van der Waals surface area (Å²) in [6.45, 7) is 8.03. The minimum atomic E-state index is -0.895. The van der Waals surface area contributed by atoms with Crippen molar-refractivity contribution in [2.45, 2.75) is 44.8 Å². The van der Waals surface area contributed by atoms with Gasteiger partial charge in [-0.1, -0.05) is 25.2 Å². The number of esters is 1. The Hall–Kier alpha value is -1.09. The van der Waals surface area contributed by atoms with E-state index < -0.39 is 5.60 Å². The Labute approximate surface area is 108 Å². The Morgan fingerprint density at radius 1 is 1.56 bits per heavy atom. The number of rotatable bonds is 0. The average Bonchev–Trinajstić information content (AvgIpc) is 2.73. The zero-order chi connectivity index (χ0) is 13.1. The maximum absolute atomic E-state index is 11.8. The van der Waals surface area contributed by atoms with Crippen LogP contribution in [0.25, 0.3) is 0 Å². The number of hydrogen-bond donors (Lipinski definition) is 1. The fourth-order valence-corrected chi connectivity index (χ4v) is 3.92. The van der Waals surface area contributed by atoms with Crippen LogP contribution in [0.1, 0.15) is 33.1 Å². The van der Waals surface area contributed by atoms with Gasteiger partial charge < -0.3 is 9.84 Å². The van der Waals surface area contributed by atoms with Crippen LogP contribution in [0, 0.1) is 17.8 Å². The van der Waals surface area contributed by atoms with E-state index in [9.17, 15) is 9.90 Å². The highest BCUT2D eigenvalue weighted by atomic mass is 16.6. The zero-order valence-electron chi connectivity index (χ0n) is 11.0. The summed E-state index contributed by atoms with van der Waals surface area (Å²) in [6.07, 6.45) is 4.18. The first kappa shape index (κ1) is 12.0. The summed E-state index contributed by atoms with van der Waals surface area (Å²) in [4.78, 5) is 11.8. The molecule has 5 atom stereocenters. The van der Waals surface area contributed by atoms with Crippen molar-refractivity contribution in [2.24, 2.45) is 17.8 Å². The largest absolute Gasteiger partial charge is 0.461 e. The first-order chi connectivity index (χ1) is 8.45. The topological polar surface area (TPSA) is 46.5 Å². The molecule has 0 aromatic rings. The SMILES string of the molecule is C=C1CCC2C(C)C(=O)OC2C2C(C)=CCC12O. The minimum Gasteiger partial charge on any atom is -0.461 e. The molecule has 5 unspecified atom stereocenters. The van der Waals surface area contributed by atoms with Crippen LogP contribution in [0.5, 0.6) is 0 Å². The second kappa shape index (κ2) is 3.70. The first-order valence-electron chi connectivity index (χ1n) is 6.73. The lowest BCUT2D eigenvalue weighted by molar-refractivity contribution is -0.147. The van der Waals surface area contributed by atoms with Crippen molar-refractivity contribution in [2.75, 3.05) is 0 Å². The van der Waals surface area contributed by atoms with E-state index in [0.29, 0.717) is 6.42 Å². The predicted octanol–water partition coefficient (Wildman–Crippen LogP) is 2.21. The molecule has 1 heterocycles. The highest BCUT2D eigenvalue weighted by Crippen LogP contribution is 2.52. The fourth-order valence-electron chi connectivity index (χ4n) is 3.92. The molecule has 3 heteroatoms. The van der Waals surface area contributed by atoms with E-state index >= 15 is 0 Å². The van der Waals surface area contributed by atoms with Crippen LogP contribution in [0.4, 0.5) is 0 Å². The molecular formula is C15H20O3. The summed E-state index contributed by atoms with van der Waals surface area (Å²) in [5.41, 5.74) is 1.14. The summed E-state index contributed by atoms with van der Waals surface area (Å²) >= 11 is 0. The molecule has 0 aromatic carbocycles. The molecule has 0 amide bonds. The fraction of sp³-hybridized carbons (Fsp3) is 0.667. The van der Waals surface area contributed by atoms with Gasteiger partial charge in [0.25, 0.3) is 0 Å². The van der Waals surface area contributed by atoms with Crippen molar-refractivity contribution in [3.05, 3.63) is 23.8 Å². The van der Waals surface area contributed by atoms with E-state index in [2.05, 4.69) is 12.7 Å². The molecule has 1 saturated heterocycles. The molecule has 3 aliphatic rings. The lowest BCUT2D eigenvalue weighted by Gasteiger charge is -2.35. The van der Waals surface area contributed by atoms with Gasteiger partial charge in [-0.15, -0.1) is 0 Å². The molecule has 2 fully saturated rings. The van der Waals surface area contributed by atoms with Crippen LogP contribution in [0.3, 0.4) is 0 Å². The van der Waals surface area contributed by atoms with Crippen molar-refractivity contribution in [1.82, 2.24) is 0 Å². The van der Waals surface area contributed by atoms with Crippen molar-refractivity contribution < 1.29 is 14.6 Å². The molecule has 1 N–H and O–H groups in total. The van der Waals surface area contributed by atoms with Gasteiger partial charge in [-0.05, 0) is 31.8 Å². The summed E-state index contributed by atoms with van der Waals surface area (Å²) in [6, 6.07) is 0. The lowest BCUT2D eigenvalue weighted by Crippen LogP contribution is -2.43. The normalized spacial score (nSPS) is 47.2.